The number of carbonyl (C=O) groups is 1. The van der Waals surface area contributed by atoms with Gasteiger partial charge in [-0.25, -0.2) is 13.2 Å². The van der Waals surface area contributed by atoms with Crippen LogP contribution in [-0.4, -0.2) is 42.0 Å². The minimum atomic E-state index is -3.70. The van der Waals surface area contributed by atoms with E-state index in [0.29, 0.717) is 19.0 Å². The van der Waals surface area contributed by atoms with Crippen molar-refractivity contribution in [3.63, 3.8) is 0 Å². The lowest BCUT2D eigenvalue weighted by Gasteiger charge is -2.17. The van der Waals surface area contributed by atoms with E-state index >= 15 is 0 Å². The minimum absolute atomic E-state index is 0.0881. The number of hydrogen-bond acceptors (Lipinski definition) is 4. The molecular formula is C14H19NO5S. The van der Waals surface area contributed by atoms with Crippen molar-refractivity contribution in [2.75, 3.05) is 13.1 Å². The van der Waals surface area contributed by atoms with Crippen LogP contribution in [0.25, 0.3) is 0 Å². The maximum Gasteiger partial charge on any atom is 0.339 e. The number of hydrogen-bond donors (Lipinski definition) is 2. The molecule has 0 spiro atoms. The van der Waals surface area contributed by atoms with E-state index in [9.17, 15) is 18.3 Å². The van der Waals surface area contributed by atoms with E-state index in [-0.39, 0.29) is 4.90 Å². The van der Waals surface area contributed by atoms with Crippen molar-refractivity contribution in [2.45, 2.75) is 31.1 Å². The molecular weight excluding hydrogens is 294 g/mol. The van der Waals surface area contributed by atoms with Crippen LogP contribution < -0.4 is 0 Å². The number of carboxylic acids is 1. The third-order valence-electron chi connectivity index (χ3n) is 3.78. The van der Waals surface area contributed by atoms with Gasteiger partial charge in [-0.3, -0.25) is 0 Å². The third-order valence-corrected chi connectivity index (χ3v) is 5.64. The lowest BCUT2D eigenvalue weighted by Crippen LogP contribution is -2.29. The fraction of sp³-hybridized carbons (Fsp3) is 0.500. The molecule has 6 nitrogen and oxygen atoms in total. The summed E-state index contributed by atoms with van der Waals surface area (Å²) in [4.78, 5) is 10.9. The van der Waals surface area contributed by atoms with Crippen LogP contribution in [0.5, 0.6) is 5.75 Å². The van der Waals surface area contributed by atoms with E-state index < -0.39 is 27.3 Å². The van der Waals surface area contributed by atoms with Gasteiger partial charge >= 0.3 is 5.97 Å². The third kappa shape index (κ3) is 3.19. The molecule has 1 fully saturated rings. The maximum absolute atomic E-state index is 12.5. The summed E-state index contributed by atoms with van der Waals surface area (Å²) in [7, 11) is -3.70. The molecule has 0 saturated carbocycles. The molecule has 1 saturated heterocycles. The minimum Gasteiger partial charge on any atom is -0.507 e. The zero-order chi connectivity index (χ0) is 15.6. The molecule has 1 aliphatic heterocycles. The lowest BCUT2D eigenvalue weighted by molar-refractivity contribution is 0.0693. The largest absolute Gasteiger partial charge is 0.507 e. The zero-order valence-corrected chi connectivity index (χ0v) is 12.6. The monoisotopic (exact) mass is 313 g/mol. The first-order valence-electron chi connectivity index (χ1n) is 6.92. The topological polar surface area (TPSA) is 94.9 Å². The highest BCUT2D eigenvalue weighted by Gasteiger charge is 2.32. The predicted octanol–water partition coefficient (Wildman–Crippen LogP) is 1.90. The van der Waals surface area contributed by atoms with Gasteiger partial charge < -0.3 is 10.2 Å². The molecule has 1 aromatic rings. The van der Waals surface area contributed by atoms with Gasteiger partial charge in [-0.1, -0.05) is 13.3 Å². The first-order valence-corrected chi connectivity index (χ1v) is 8.36. The van der Waals surface area contributed by atoms with Gasteiger partial charge in [0.05, 0.1) is 4.90 Å². The summed E-state index contributed by atoms with van der Waals surface area (Å²) >= 11 is 0. The van der Waals surface area contributed by atoms with Crippen molar-refractivity contribution in [2.24, 2.45) is 5.92 Å². The van der Waals surface area contributed by atoms with E-state index in [1.54, 1.807) is 0 Å². The summed E-state index contributed by atoms with van der Waals surface area (Å²) in [5, 5.41) is 18.4. The Morgan fingerprint density at radius 2 is 2.14 bits per heavy atom. The average molecular weight is 313 g/mol. The Morgan fingerprint density at radius 3 is 2.76 bits per heavy atom. The summed E-state index contributed by atoms with van der Waals surface area (Å²) < 4.78 is 26.4. The van der Waals surface area contributed by atoms with Gasteiger partial charge in [0.15, 0.2) is 0 Å². The van der Waals surface area contributed by atoms with E-state index in [2.05, 4.69) is 6.92 Å². The number of rotatable bonds is 5. The predicted molar refractivity (Wildman–Crippen MR) is 76.8 cm³/mol. The number of sulfonamides is 1. The van der Waals surface area contributed by atoms with Crippen molar-refractivity contribution in [3.05, 3.63) is 23.8 Å². The highest BCUT2D eigenvalue weighted by atomic mass is 32.2. The SMILES string of the molecule is CCCC1CCN(S(=O)(=O)c2ccc(O)c(C(=O)O)c2)C1. The van der Waals surface area contributed by atoms with Crippen molar-refractivity contribution >= 4 is 16.0 Å². The van der Waals surface area contributed by atoms with Gasteiger partial charge in [-0.2, -0.15) is 4.31 Å². The smallest absolute Gasteiger partial charge is 0.339 e. The van der Waals surface area contributed by atoms with Crippen LogP contribution in [0.2, 0.25) is 0 Å². The van der Waals surface area contributed by atoms with Gasteiger partial charge in [-0.05, 0) is 37.0 Å². The van der Waals surface area contributed by atoms with Gasteiger partial charge in [0.2, 0.25) is 10.0 Å². The van der Waals surface area contributed by atoms with Crippen LogP contribution in [0.15, 0.2) is 23.1 Å². The second-order valence-corrected chi connectivity index (χ2v) is 7.23. The number of nitrogens with zero attached hydrogens (tertiary/aromatic N) is 1. The molecule has 0 aromatic heterocycles. The van der Waals surface area contributed by atoms with E-state index in [0.717, 1.165) is 31.4 Å². The van der Waals surface area contributed by atoms with Gasteiger partial charge in [0.1, 0.15) is 11.3 Å². The fourth-order valence-electron chi connectivity index (χ4n) is 2.66. The van der Waals surface area contributed by atoms with Crippen molar-refractivity contribution in [3.8, 4) is 5.75 Å². The Bertz CT molecular complexity index is 641. The quantitative estimate of drug-likeness (QED) is 0.865. The molecule has 2 rings (SSSR count). The summed E-state index contributed by atoms with van der Waals surface area (Å²) in [5.41, 5.74) is -0.402. The zero-order valence-electron chi connectivity index (χ0n) is 11.8. The van der Waals surface area contributed by atoms with Gasteiger partial charge in [-0.15, -0.1) is 0 Å². The number of carboxylic acid groups (broad SMARTS) is 1. The second kappa shape index (κ2) is 6.03. The van der Waals surface area contributed by atoms with Crippen LogP contribution in [-0.2, 0) is 10.0 Å². The summed E-state index contributed by atoms with van der Waals surface area (Å²) in [6.07, 6.45) is 2.83. The molecule has 0 amide bonds. The Morgan fingerprint density at radius 1 is 1.43 bits per heavy atom. The highest BCUT2D eigenvalue weighted by Crippen LogP contribution is 2.29. The Balaban J connectivity index is 2.28. The van der Waals surface area contributed by atoms with Crippen molar-refractivity contribution in [1.29, 1.82) is 0 Å². The summed E-state index contributed by atoms with van der Waals surface area (Å²) in [5.74, 6) is -1.43. The standard InChI is InChI=1S/C14H19NO5S/c1-2-3-10-6-7-15(9-10)21(19,20)11-4-5-13(16)12(8-11)14(17)18/h4-5,8,10,16H,2-3,6-7,9H2,1H3,(H,17,18). The molecule has 7 heteroatoms. The summed E-state index contributed by atoms with van der Waals surface area (Å²) in [6.45, 7) is 2.99. The highest BCUT2D eigenvalue weighted by molar-refractivity contribution is 7.89. The normalized spacial score (nSPS) is 19.8. The van der Waals surface area contributed by atoms with Crippen LogP contribution in [0.4, 0.5) is 0 Å². The van der Waals surface area contributed by atoms with Crippen molar-refractivity contribution in [1.82, 2.24) is 4.31 Å². The van der Waals surface area contributed by atoms with Crippen LogP contribution in [0, 0.1) is 5.92 Å². The molecule has 0 aliphatic carbocycles. The first-order chi connectivity index (χ1) is 9.86. The van der Waals surface area contributed by atoms with E-state index in [1.807, 2.05) is 0 Å². The first kappa shape index (κ1) is 15.8. The van der Waals surface area contributed by atoms with Crippen molar-refractivity contribution < 1.29 is 23.4 Å². The Labute approximate surface area is 124 Å². The maximum atomic E-state index is 12.5. The number of phenols is 1. The molecule has 1 heterocycles. The number of aromatic hydroxyl groups is 1. The Kier molecular flexibility index (Phi) is 4.53. The molecule has 21 heavy (non-hydrogen) atoms. The molecule has 2 N–H and O–H groups in total. The van der Waals surface area contributed by atoms with Gasteiger partial charge in [0, 0.05) is 13.1 Å². The summed E-state index contributed by atoms with van der Waals surface area (Å²) in [6, 6.07) is 3.36. The molecule has 1 aliphatic rings. The molecule has 116 valence electrons. The fourth-order valence-corrected chi connectivity index (χ4v) is 4.21. The molecule has 0 bridgehead atoms. The average Bonchev–Trinajstić information content (AvgIpc) is 2.88. The molecule has 0 radical (unpaired) electrons. The van der Waals surface area contributed by atoms with E-state index in [4.69, 9.17) is 5.11 Å². The lowest BCUT2D eigenvalue weighted by atomic mass is 10.0. The van der Waals surface area contributed by atoms with Crippen LogP contribution in [0.3, 0.4) is 0 Å². The Hall–Kier alpha value is -1.60. The molecule has 1 unspecified atom stereocenters. The number of aromatic carboxylic acids is 1. The molecule has 1 aromatic carbocycles. The van der Waals surface area contributed by atoms with E-state index in [1.165, 1.54) is 10.4 Å². The van der Waals surface area contributed by atoms with Crippen LogP contribution in [0.1, 0.15) is 36.5 Å². The molecule has 1 atom stereocenters. The van der Waals surface area contributed by atoms with Gasteiger partial charge in [0.25, 0.3) is 0 Å². The number of benzene rings is 1. The second-order valence-electron chi connectivity index (χ2n) is 5.29. The van der Waals surface area contributed by atoms with Crippen LogP contribution >= 0.6 is 0 Å².